The molecule has 7 heteroatoms. The predicted molar refractivity (Wildman–Crippen MR) is 140 cm³/mol. The molecule has 3 aromatic rings. The van der Waals surface area contributed by atoms with Gasteiger partial charge in [-0.05, 0) is 56.0 Å². The Balaban J connectivity index is 1.56. The first-order chi connectivity index (χ1) is 16.7. The highest BCUT2D eigenvalue weighted by molar-refractivity contribution is 7.89. The Kier molecular flexibility index (Phi) is 7.57. The lowest BCUT2D eigenvalue weighted by Gasteiger charge is -2.37. The molecule has 1 N–H and O–H groups in total. The van der Waals surface area contributed by atoms with Crippen LogP contribution in [0.5, 0.6) is 0 Å². The summed E-state index contributed by atoms with van der Waals surface area (Å²) in [7, 11) is -3.90. The summed E-state index contributed by atoms with van der Waals surface area (Å²) in [6.07, 6.45) is 0.293. The van der Waals surface area contributed by atoms with Crippen molar-refractivity contribution in [3.63, 3.8) is 0 Å². The molecule has 1 heterocycles. The maximum absolute atomic E-state index is 13.7. The van der Waals surface area contributed by atoms with Crippen LogP contribution in [0.25, 0.3) is 0 Å². The minimum atomic E-state index is -3.90. The number of benzene rings is 3. The molecule has 6 nitrogen and oxygen atoms in total. The third kappa shape index (κ3) is 5.92. The summed E-state index contributed by atoms with van der Waals surface area (Å²) in [5, 5.41) is 0. The third-order valence-electron chi connectivity index (χ3n) is 6.46. The Hall–Kier alpha value is -3.16. The molecule has 0 saturated carbocycles. The number of anilines is 1. The van der Waals surface area contributed by atoms with E-state index in [0.717, 1.165) is 16.8 Å². The minimum absolute atomic E-state index is 0.187. The van der Waals surface area contributed by atoms with Crippen LogP contribution in [0.15, 0.2) is 77.7 Å². The van der Waals surface area contributed by atoms with Gasteiger partial charge in [-0.25, -0.2) is 8.42 Å². The molecule has 4 rings (SSSR count). The van der Waals surface area contributed by atoms with Crippen LogP contribution in [0.4, 0.5) is 5.69 Å². The highest BCUT2D eigenvalue weighted by Crippen LogP contribution is 2.23. The Morgan fingerprint density at radius 1 is 0.857 bits per heavy atom. The molecule has 1 amide bonds. The summed E-state index contributed by atoms with van der Waals surface area (Å²) in [6.45, 7) is 8.04. The average Bonchev–Trinajstić information content (AvgIpc) is 2.83. The number of sulfonamides is 1. The van der Waals surface area contributed by atoms with Gasteiger partial charge in [-0.3, -0.25) is 4.79 Å². The zero-order chi connectivity index (χ0) is 25.0. The standard InChI is InChI=1S/C28H33N3O3S/c1-21-18-22(2)27(23(3)19-21)35(33,34)29-26(20-24-10-6-4-7-11-24)28(32)31-16-14-30(15-17-31)25-12-8-5-9-13-25/h4-13,18-19,26,29H,14-17,20H2,1-3H3/t26-/m0/s1. The Bertz CT molecular complexity index is 1250. The lowest BCUT2D eigenvalue weighted by Crippen LogP contribution is -2.55. The monoisotopic (exact) mass is 491 g/mol. The second-order valence-electron chi connectivity index (χ2n) is 9.24. The number of amides is 1. The van der Waals surface area contributed by atoms with E-state index < -0.39 is 16.1 Å². The van der Waals surface area contributed by atoms with Gasteiger partial charge in [0.2, 0.25) is 15.9 Å². The number of carbonyl (C=O) groups is 1. The molecule has 0 spiro atoms. The number of aryl methyl sites for hydroxylation is 3. The number of hydrogen-bond acceptors (Lipinski definition) is 4. The predicted octanol–water partition coefficient (Wildman–Crippen LogP) is 3.85. The quantitative estimate of drug-likeness (QED) is 0.545. The van der Waals surface area contributed by atoms with E-state index in [0.29, 0.717) is 43.7 Å². The number of hydrogen-bond donors (Lipinski definition) is 1. The Morgan fingerprint density at radius 3 is 1.97 bits per heavy atom. The van der Waals surface area contributed by atoms with E-state index in [1.807, 2.05) is 67.6 Å². The summed E-state index contributed by atoms with van der Waals surface area (Å²) in [6, 6.07) is 22.5. The number of nitrogens with one attached hydrogen (secondary N) is 1. The average molecular weight is 492 g/mol. The summed E-state index contributed by atoms with van der Waals surface area (Å²) in [5.41, 5.74) is 4.40. The van der Waals surface area contributed by atoms with E-state index in [9.17, 15) is 13.2 Å². The van der Waals surface area contributed by atoms with Crippen LogP contribution in [0, 0.1) is 20.8 Å². The van der Waals surface area contributed by atoms with Gasteiger partial charge in [-0.2, -0.15) is 4.72 Å². The van der Waals surface area contributed by atoms with Gasteiger partial charge < -0.3 is 9.80 Å². The van der Waals surface area contributed by atoms with Crippen LogP contribution in [0.1, 0.15) is 22.3 Å². The van der Waals surface area contributed by atoms with E-state index in [1.165, 1.54) is 0 Å². The molecule has 0 aromatic heterocycles. The van der Waals surface area contributed by atoms with Crippen molar-refractivity contribution in [2.45, 2.75) is 38.1 Å². The van der Waals surface area contributed by atoms with Crippen molar-refractivity contribution in [1.29, 1.82) is 0 Å². The first-order valence-corrected chi connectivity index (χ1v) is 13.5. The summed E-state index contributed by atoms with van der Waals surface area (Å²) < 4.78 is 29.8. The molecule has 1 atom stereocenters. The largest absolute Gasteiger partial charge is 0.368 e. The first-order valence-electron chi connectivity index (χ1n) is 12.0. The SMILES string of the molecule is Cc1cc(C)c(S(=O)(=O)N[C@@H](Cc2ccccc2)C(=O)N2CCN(c3ccccc3)CC2)c(C)c1. The highest BCUT2D eigenvalue weighted by atomic mass is 32.2. The van der Waals surface area contributed by atoms with Gasteiger partial charge in [0, 0.05) is 31.9 Å². The number of rotatable bonds is 7. The van der Waals surface area contributed by atoms with E-state index in [4.69, 9.17) is 0 Å². The molecule has 0 bridgehead atoms. The second-order valence-corrected chi connectivity index (χ2v) is 10.9. The van der Waals surface area contributed by atoms with Crippen molar-refractivity contribution in [1.82, 2.24) is 9.62 Å². The molecular formula is C28H33N3O3S. The molecule has 184 valence electrons. The fraction of sp³-hybridized carbons (Fsp3) is 0.321. The maximum atomic E-state index is 13.7. The molecule has 1 aliphatic rings. The molecule has 35 heavy (non-hydrogen) atoms. The van der Waals surface area contributed by atoms with Crippen LogP contribution in [-0.4, -0.2) is 51.4 Å². The van der Waals surface area contributed by atoms with Crippen molar-refractivity contribution in [2.24, 2.45) is 0 Å². The van der Waals surface area contributed by atoms with Gasteiger partial charge in [0.25, 0.3) is 0 Å². The summed E-state index contributed by atoms with van der Waals surface area (Å²) >= 11 is 0. The molecule has 1 aliphatic heterocycles. The summed E-state index contributed by atoms with van der Waals surface area (Å²) in [5.74, 6) is -0.187. The fourth-order valence-corrected chi connectivity index (χ4v) is 6.55. The molecule has 1 fully saturated rings. The third-order valence-corrected chi connectivity index (χ3v) is 8.24. The van der Waals surface area contributed by atoms with Gasteiger partial charge in [0.1, 0.15) is 6.04 Å². The smallest absolute Gasteiger partial charge is 0.241 e. The molecule has 3 aromatic carbocycles. The van der Waals surface area contributed by atoms with Crippen molar-refractivity contribution in [3.05, 3.63) is 95.1 Å². The minimum Gasteiger partial charge on any atom is -0.368 e. The first kappa shape index (κ1) is 24.9. The van der Waals surface area contributed by atoms with Crippen LogP contribution in [0.3, 0.4) is 0 Å². The van der Waals surface area contributed by atoms with E-state index in [-0.39, 0.29) is 10.8 Å². The van der Waals surface area contributed by atoms with E-state index in [2.05, 4.69) is 21.8 Å². The summed E-state index contributed by atoms with van der Waals surface area (Å²) in [4.78, 5) is 17.9. The lowest BCUT2D eigenvalue weighted by atomic mass is 10.1. The Labute approximate surface area is 208 Å². The van der Waals surface area contributed by atoms with Crippen molar-refractivity contribution in [2.75, 3.05) is 31.1 Å². The maximum Gasteiger partial charge on any atom is 0.241 e. The molecule has 0 radical (unpaired) electrons. The van der Waals surface area contributed by atoms with Crippen molar-refractivity contribution >= 4 is 21.6 Å². The zero-order valence-corrected chi connectivity index (χ0v) is 21.4. The van der Waals surface area contributed by atoms with E-state index >= 15 is 0 Å². The molecule has 0 unspecified atom stereocenters. The van der Waals surface area contributed by atoms with Gasteiger partial charge in [0.05, 0.1) is 4.90 Å². The number of carbonyl (C=O) groups excluding carboxylic acids is 1. The van der Waals surface area contributed by atoms with Crippen LogP contribution < -0.4 is 9.62 Å². The fourth-order valence-electron chi connectivity index (χ4n) is 4.91. The Morgan fingerprint density at radius 2 is 1.40 bits per heavy atom. The molecule has 0 aliphatic carbocycles. The molecular weight excluding hydrogens is 458 g/mol. The topological polar surface area (TPSA) is 69.7 Å². The zero-order valence-electron chi connectivity index (χ0n) is 20.6. The highest BCUT2D eigenvalue weighted by Gasteiger charge is 2.32. The van der Waals surface area contributed by atoms with Crippen molar-refractivity contribution < 1.29 is 13.2 Å². The normalized spacial score (nSPS) is 15.2. The number of nitrogens with zero attached hydrogens (tertiary/aromatic N) is 2. The van der Waals surface area contributed by atoms with Crippen LogP contribution in [0.2, 0.25) is 0 Å². The second kappa shape index (κ2) is 10.6. The van der Waals surface area contributed by atoms with Crippen LogP contribution in [-0.2, 0) is 21.2 Å². The van der Waals surface area contributed by atoms with Gasteiger partial charge >= 0.3 is 0 Å². The van der Waals surface area contributed by atoms with Gasteiger partial charge in [-0.1, -0.05) is 66.2 Å². The van der Waals surface area contributed by atoms with Gasteiger partial charge in [0.15, 0.2) is 0 Å². The van der Waals surface area contributed by atoms with Gasteiger partial charge in [-0.15, -0.1) is 0 Å². The number of piperazine rings is 1. The van der Waals surface area contributed by atoms with E-state index in [1.54, 1.807) is 18.7 Å². The van der Waals surface area contributed by atoms with Crippen molar-refractivity contribution in [3.8, 4) is 0 Å². The van der Waals surface area contributed by atoms with Crippen LogP contribution >= 0.6 is 0 Å². The lowest BCUT2D eigenvalue weighted by molar-refractivity contribution is -0.133. The number of para-hydroxylation sites is 1. The molecule has 1 saturated heterocycles.